The van der Waals surface area contributed by atoms with E-state index in [0.717, 1.165) is 31.6 Å². The number of carbonyl (C=O) groups excluding carboxylic acids is 1. The number of ether oxygens (including phenoxy) is 1. The Morgan fingerprint density at radius 2 is 1.88 bits per heavy atom. The van der Waals surface area contributed by atoms with Gasteiger partial charge in [-0.25, -0.2) is 0 Å². The molecular formula is C19H27ClN2O2. The SMILES string of the molecule is C=C(OC(C)(C)C)N1CCC(N(C(=O)CCl)c2ccccc2)CC1. The van der Waals surface area contributed by atoms with E-state index in [0.29, 0.717) is 5.88 Å². The molecule has 0 bridgehead atoms. The zero-order valence-electron chi connectivity index (χ0n) is 14.8. The summed E-state index contributed by atoms with van der Waals surface area (Å²) in [4.78, 5) is 16.3. The van der Waals surface area contributed by atoms with Crippen LogP contribution in [0.25, 0.3) is 0 Å². The molecule has 2 rings (SSSR count). The molecule has 1 saturated heterocycles. The molecule has 1 fully saturated rings. The van der Waals surface area contributed by atoms with Crippen molar-refractivity contribution in [3.63, 3.8) is 0 Å². The topological polar surface area (TPSA) is 32.8 Å². The van der Waals surface area contributed by atoms with Gasteiger partial charge in [0, 0.05) is 24.8 Å². The molecule has 0 aliphatic carbocycles. The molecule has 0 aromatic heterocycles. The molecule has 1 aromatic carbocycles. The minimum Gasteiger partial charge on any atom is -0.474 e. The summed E-state index contributed by atoms with van der Waals surface area (Å²) < 4.78 is 5.86. The summed E-state index contributed by atoms with van der Waals surface area (Å²) in [5.41, 5.74) is 0.657. The van der Waals surface area contributed by atoms with Gasteiger partial charge in [0.15, 0.2) is 5.88 Å². The van der Waals surface area contributed by atoms with Crippen molar-refractivity contribution in [3.8, 4) is 0 Å². The number of alkyl halides is 1. The van der Waals surface area contributed by atoms with Gasteiger partial charge < -0.3 is 14.5 Å². The maximum atomic E-state index is 12.4. The van der Waals surface area contributed by atoms with E-state index in [2.05, 4.69) is 11.5 Å². The molecule has 1 aromatic rings. The Morgan fingerprint density at radius 1 is 1.29 bits per heavy atom. The lowest BCUT2D eigenvalue weighted by Crippen LogP contribution is -2.48. The maximum absolute atomic E-state index is 12.4. The van der Waals surface area contributed by atoms with Crippen molar-refractivity contribution in [2.45, 2.75) is 45.3 Å². The first-order valence-corrected chi connectivity index (χ1v) is 8.91. The monoisotopic (exact) mass is 350 g/mol. The van der Waals surface area contributed by atoms with Crippen LogP contribution in [-0.4, -0.2) is 41.4 Å². The van der Waals surface area contributed by atoms with Crippen LogP contribution < -0.4 is 4.90 Å². The number of anilines is 1. The number of hydrogen-bond acceptors (Lipinski definition) is 3. The van der Waals surface area contributed by atoms with Crippen LogP contribution in [0.4, 0.5) is 5.69 Å². The lowest BCUT2D eigenvalue weighted by atomic mass is 10.0. The van der Waals surface area contributed by atoms with Crippen molar-refractivity contribution in [1.29, 1.82) is 0 Å². The third-order valence-corrected chi connectivity index (χ3v) is 4.25. The quantitative estimate of drug-likeness (QED) is 0.594. The largest absolute Gasteiger partial charge is 0.474 e. The molecule has 132 valence electrons. The highest BCUT2D eigenvalue weighted by Crippen LogP contribution is 2.26. The second kappa shape index (κ2) is 7.93. The smallest absolute Gasteiger partial charge is 0.242 e. The number of amides is 1. The molecule has 24 heavy (non-hydrogen) atoms. The molecule has 0 unspecified atom stereocenters. The summed E-state index contributed by atoms with van der Waals surface area (Å²) >= 11 is 5.83. The van der Waals surface area contributed by atoms with Gasteiger partial charge in [0.05, 0.1) is 0 Å². The number of hydrogen-bond donors (Lipinski definition) is 0. The van der Waals surface area contributed by atoms with Crippen LogP contribution in [-0.2, 0) is 9.53 Å². The lowest BCUT2D eigenvalue weighted by molar-refractivity contribution is -0.117. The van der Waals surface area contributed by atoms with E-state index in [-0.39, 0.29) is 23.4 Å². The summed E-state index contributed by atoms with van der Waals surface area (Å²) in [5.74, 6) is 0.650. The van der Waals surface area contributed by atoms with E-state index in [1.54, 1.807) is 0 Å². The van der Waals surface area contributed by atoms with Gasteiger partial charge in [-0.15, -0.1) is 11.6 Å². The average Bonchev–Trinajstić information content (AvgIpc) is 2.55. The molecule has 0 radical (unpaired) electrons. The van der Waals surface area contributed by atoms with Crippen LogP contribution in [0, 0.1) is 0 Å². The highest BCUT2D eigenvalue weighted by Gasteiger charge is 2.30. The van der Waals surface area contributed by atoms with Crippen LogP contribution in [0.5, 0.6) is 0 Å². The van der Waals surface area contributed by atoms with Crippen LogP contribution >= 0.6 is 11.6 Å². The molecule has 4 nitrogen and oxygen atoms in total. The van der Waals surface area contributed by atoms with Gasteiger partial charge in [-0.05, 0) is 52.3 Å². The summed E-state index contributed by atoms with van der Waals surface area (Å²) in [6.45, 7) is 11.7. The summed E-state index contributed by atoms with van der Waals surface area (Å²) in [5, 5.41) is 0. The normalized spacial score (nSPS) is 15.9. The number of carbonyl (C=O) groups is 1. The molecular weight excluding hydrogens is 324 g/mol. The van der Waals surface area contributed by atoms with E-state index in [1.807, 2.05) is 56.0 Å². The third-order valence-electron chi connectivity index (χ3n) is 4.02. The number of halogens is 1. The molecule has 1 heterocycles. The first-order chi connectivity index (χ1) is 11.3. The predicted molar refractivity (Wildman–Crippen MR) is 99.2 cm³/mol. The highest BCUT2D eigenvalue weighted by molar-refractivity contribution is 6.29. The van der Waals surface area contributed by atoms with Gasteiger partial charge in [0.2, 0.25) is 5.91 Å². The summed E-state index contributed by atoms with van der Waals surface area (Å²) in [7, 11) is 0. The second-order valence-corrected chi connectivity index (χ2v) is 7.33. The van der Waals surface area contributed by atoms with Crippen molar-refractivity contribution in [2.24, 2.45) is 0 Å². The number of piperidine rings is 1. The summed E-state index contributed by atoms with van der Waals surface area (Å²) in [6.07, 6.45) is 1.73. The summed E-state index contributed by atoms with van der Waals surface area (Å²) in [6, 6.07) is 9.90. The number of benzene rings is 1. The number of para-hydroxylation sites is 1. The molecule has 0 atom stereocenters. The zero-order chi connectivity index (χ0) is 17.7. The lowest BCUT2D eigenvalue weighted by Gasteiger charge is -2.40. The van der Waals surface area contributed by atoms with Crippen LogP contribution in [0.2, 0.25) is 0 Å². The van der Waals surface area contributed by atoms with E-state index in [4.69, 9.17) is 16.3 Å². The van der Waals surface area contributed by atoms with Crippen molar-refractivity contribution in [1.82, 2.24) is 4.90 Å². The first kappa shape index (κ1) is 18.7. The average molecular weight is 351 g/mol. The Bertz CT molecular complexity index is 560. The van der Waals surface area contributed by atoms with Crippen LogP contribution in [0.15, 0.2) is 42.8 Å². The Morgan fingerprint density at radius 3 is 2.38 bits per heavy atom. The molecule has 0 spiro atoms. The highest BCUT2D eigenvalue weighted by atomic mass is 35.5. The van der Waals surface area contributed by atoms with Gasteiger partial charge in [0.25, 0.3) is 0 Å². The van der Waals surface area contributed by atoms with E-state index in [9.17, 15) is 4.79 Å². The van der Waals surface area contributed by atoms with Crippen molar-refractivity contribution in [2.75, 3.05) is 23.9 Å². The Balaban J connectivity index is 2.03. The van der Waals surface area contributed by atoms with Crippen LogP contribution in [0.3, 0.4) is 0 Å². The molecule has 0 saturated carbocycles. The molecule has 0 N–H and O–H groups in total. The fourth-order valence-electron chi connectivity index (χ4n) is 3.00. The Hall–Kier alpha value is -1.68. The number of nitrogens with zero attached hydrogens (tertiary/aromatic N) is 2. The van der Waals surface area contributed by atoms with Crippen LogP contribution in [0.1, 0.15) is 33.6 Å². The fraction of sp³-hybridized carbons (Fsp3) is 0.526. The van der Waals surface area contributed by atoms with Gasteiger partial charge >= 0.3 is 0 Å². The number of likely N-dealkylation sites (tertiary alicyclic amines) is 1. The fourth-order valence-corrected chi connectivity index (χ4v) is 3.13. The van der Waals surface area contributed by atoms with E-state index >= 15 is 0 Å². The van der Waals surface area contributed by atoms with Crippen molar-refractivity contribution >= 4 is 23.2 Å². The van der Waals surface area contributed by atoms with E-state index < -0.39 is 0 Å². The van der Waals surface area contributed by atoms with Crippen molar-refractivity contribution in [3.05, 3.63) is 42.8 Å². The second-order valence-electron chi connectivity index (χ2n) is 7.06. The standard InChI is InChI=1S/C19H27ClN2O2/c1-15(24-19(2,3)4)21-12-10-17(11-13-21)22(18(23)14-20)16-8-6-5-7-9-16/h5-9,17H,1,10-14H2,2-4H3. The van der Waals surface area contributed by atoms with Gasteiger partial charge in [0.1, 0.15) is 11.5 Å². The predicted octanol–water partition coefficient (Wildman–Crippen LogP) is 4.01. The van der Waals surface area contributed by atoms with E-state index in [1.165, 1.54) is 0 Å². The molecule has 1 amide bonds. The zero-order valence-corrected chi connectivity index (χ0v) is 15.6. The van der Waals surface area contributed by atoms with Gasteiger partial charge in [-0.3, -0.25) is 4.79 Å². The maximum Gasteiger partial charge on any atom is 0.242 e. The molecule has 1 aliphatic rings. The minimum absolute atomic E-state index is 0.00501. The third kappa shape index (κ3) is 4.91. The Kier molecular flexibility index (Phi) is 6.16. The molecule has 5 heteroatoms. The Labute approximate surface area is 150 Å². The minimum atomic E-state index is -0.251. The molecule has 1 aliphatic heterocycles. The van der Waals surface area contributed by atoms with Gasteiger partial charge in [-0.2, -0.15) is 0 Å². The van der Waals surface area contributed by atoms with Crippen molar-refractivity contribution < 1.29 is 9.53 Å². The van der Waals surface area contributed by atoms with Gasteiger partial charge in [-0.1, -0.05) is 18.2 Å². The number of rotatable bonds is 5. The first-order valence-electron chi connectivity index (χ1n) is 8.38.